The Morgan fingerprint density at radius 3 is 2.48 bits per heavy atom. The van der Waals surface area contributed by atoms with Gasteiger partial charge in [0, 0.05) is 18.0 Å². The van der Waals surface area contributed by atoms with Crippen LogP contribution >= 0.6 is 0 Å². The smallest absolute Gasteiger partial charge is 0.387 e. The van der Waals surface area contributed by atoms with Crippen molar-refractivity contribution in [1.29, 1.82) is 0 Å². The maximum absolute atomic E-state index is 12.5. The molecule has 114 valence electrons. The van der Waals surface area contributed by atoms with E-state index in [1.165, 1.54) is 6.07 Å². The van der Waals surface area contributed by atoms with E-state index in [4.69, 9.17) is 5.73 Å². The lowest BCUT2D eigenvalue weighted by molar-refractivity contribution is -0.0494. The van der Waals surface area contributed by atoms with Gasteiger partial charge in [-0.1, -0.05) is 26.0 Å². The third kappa shape index (κ3) is 2.99. The molecule has 0 radical (unpaired) electrons. The lowest BCUT2D eigenvalue weighted by Crippen LogP contribution is -2.06. The van der Waals surface area contributed by atoms with Gasteiger partial charge in [0.25, 0.3) is 0 Å². The molecular weight excluding hydrogens is 276 g/mol. The SMILES string of the molecule is CCn1c(C(C)C)nc(-c2ccccc2OC(F)F)c1N. The minimum absolute atomic E-state index is 0.0789. The van der Waals surface area contributed by atoms with Crippen molar-refractivity contribution in [1.82, 2.24) is 9.55 Å². The van der Waals surface area contributed by atoms with Crippen molar-refractivity contribution >= 4 is 5.82 Å². The highest BCUT2D eigenvalue weighted by Gasteiger charge is 2.20. The number of halogens is 2. The van der Waals surface area contributed by atoms with Crippen LogP contribution in [-0.2, 0) is 6.54 Å². The van der Waals surface area contributed by atoms with Gasteiger partial charge in [-0.2, -0.15) is 8.78 Å². The first-order valence-electron chi connectivity index (χ1n) is 6.85. The zero-order valence-electron chi connectivity index (χ0n) is 12.3. The van der Waals surface area contributed by atoms with Crippen LogP contribution in [0, 0.1) is 0 Å². The average molecular weight is 295 g/mol. The zero-order chi connectivity index (χ0) is 15.6. The molecule has 0 spiro atoms. The van der Waals surface area contributed by atoms with Gasteiger partial charge in [-0.15, -0.1) is 0 Å². The number of alkyl halides is 2. The number of anilines is 1. The summed E-state index contributed by atoms with van der Waals surface area (Å²) < 4.78 is 31.5. The number of nitrogen functional groups attached to an aromatic ring is 1. The number of nitrogens with zero attached hydrogens (tertiary/aromatic N) is 2. The number of imidazole rings is 1. The molecule has 0 saturated heterocycles. The molecule has 2 rings (SSSR count). The monoisotopic (exact) mass is 295 g/mol. The molecule has 2 N–H and O–H groups in total. The Bertz CT molecular complexity index is 623. The van der Waals surface area contributed by atoms with E-state index in [0.717, 1.165) is 5.82 Å². The van der Waals surface area contributed by atoms with E-state index in [9.17, 15) is 8.78 Å². The molecule has 0 fully saturated rings. The van der Waals surface area contributed by atoms with Gasteiger partial charge < -0.3 is 15.0 Å². The third-order valence-electron chi connectivity index (χ3n) is 3.23. The van der Waals surface area contributed by atoms with Crippen LogP contribution in [-0.4, -0.2) is 16.2 Å². The van der Waals surface area contributed by atoms with Gasteiger partial charge in [-0.25, -0.2) is 4.98 Å². The maximum atomic E-state index is 12.5. The summed E-state index contributed by atoms with van der Waals surface area (Å²) in [5.74, 6) is 1.56. The summed E-state index contributed by atoms with van der Waals surface area (Å²) in [6.07, 6.45) is 0. The standard InChI is InChI=1S/C15H19F2N3O/c1-4-20-13(18)12(19-14(20)9(2)3)10-7-5-6-8-11(10)21-15(16)17/h5-9,15H,4,18H2,1-3H3. The molecule has 0 saturated carbocycles. The van der Waals surface area contributed by atoms with E-state index in [-0.39, 0.29) is 11.7 Å². The molecule has 6 heteroatoms. The highest BCUT2D eigenvalue weighted by atomic mass is 19.3. The summed E-state index contributed by atoms with van der Waals surface area (Å²) in [6, 6.07) is 6.55. The number of hydrogen-bond donors (Lipinski definition) is 1. The molecule has 0 amide bonds. The van der Waals surface area contributed by atoms with Crippen LogP contribution in [0.1, 0.15) is 32.5 Å². The fourth-order valence-corrected chi connectivity index (χ4v) is 2.32. The Hall–Kier alpha value is -2.11. The van der Waals surface area contributed by atoms with Gasteiger partial charge in [0.05, 0.1) is 0 Å². The van der Waals surface area contributed by atoms with E-state index in [2.05, 4.69) is 9.72 Å². The lowest BCUT2D eigenvalue weighted by atomic mass is 10.1. The average Bonchev–Trinajstić information content (AvgIpc) is 2.76. The summed E-state index contributed by atoms with van der Waals surface area (Å²) >= 11 is 0. The predicted octanol–water partition coefficient (Wildman–Crippen LogP) is 3.88. The summed E-state index contributed by atoms with van der Waals surface area (Å²) in [6.45, 7) is 3.78. The second kappa shape index (κ2) is 6.11. The molecule has 2 aromatic rings. The van der Waals surface area contributed by atoms with Crippen molar-refractivity contribution in [2.75, 3.05) is 5.73 Å². The molecule has 1 aromatic carbocycles. The molecule has 0 unspecified atom stereocenters. The number of benzene rings is 1. The quantitative estimate of drug-likeness (QED) is 0.910. The zero-order valence-corrected chi connectivity index (χ0v) is 12.3. The highest BCUT2D eigenvalue weighted by Crippen LogP contribution is 2.35. The summed E-state index contributed by atoms with van der Waals surface area (Å²) in [7, 11) is 0. The lowest BCUT2D eigenvalue weighted by Gasteiger charge is -2.10. The second-order valence-corrected chi connectivity index (χ2v) is 4.98. The third-order valence-corrected chi connectivity index (χ3v) is 3.23. The minimum atomic E-state index is -2.88. The van der Waals surface area contributed by atoms with Gasteiger partial charge in [-0.05, 0) is 19.1 Å². The Morgan fingerprint density at radius 2 is 1.95 bits per heavy atom. The van der Waals surface area contributed by atoms with Gasteiger partial charge in [0.15, 0.2) is 0 Å². The Balaban J connectivity index is 2.57. The van der Waals surface area contributed by atoms with Crippen molar-refractivity contribution in [3.8, 4) is 17.0 Å². The Morgan fingerprint density at radius 1 is 1.29 bits per heavy atom. The van der Waals surface area contributed by atoms with Crippen LogP contribution in [0.4, 0.5) is 14.6 Å². The van der Waals surface area contributed by atoms with E-state index < -0.39 is 6.61 Å². The number of rotatable bonds is 5. The normalized spacial score (nSPS) is 11.4. The minimum Gasteiger partial charge on any atom is -0.434 e. The number of hydrogen-bond acceptors (Lipinski definition) is 3. The van der Waals surface area contributed by atoms with Crippen molar-refractivity contribution in [2.45, 2.75) is 39.8 Å². The molecule has 0 aliphatic heterocycles. The van der Waals surface area contributed by atoms with Crippen LogP contribution in [0.5, 0.6) is 5.75 Å². The van der Waals surface area contributed by atoms with E-state index in [0.29, 0.717) is 23.6 Å². The Labute approximate surface area is 122 Å². The van der Waals surface area contributed by atoms with Crippen molar-refractivity contribution in [3.05, 3.63) is 30.1 Å². The van der Waals surface area contributed by atoms with E-state index >= 15 is 0 Å². The molecular formula is C15H19F2N3O. The summed E-state index contributed by atoms with van der Waals surface area (Å²) in [5, 5.41) is 0. The number of para-hydroxylation sites is 1. The van der Waals surface area contributed by atoms with E-state index in [1.807, 2.05) is 25.3 Å². The molecule has 0 bridgehead atoms. The van der Waals surface area contributed by atoms with Crippen LogP contribution in [0.15, 0.2) is 24.3 Å². The van der Waals surface area contributed by atoms with Crippen molar-refractivity contribution < 1.29 is 13.5 Å². The van der Waals surface area contributed by atoms with Crippen molar-refractivity contribution in [3.63, 3.8) is 0 Å². The highest BCUT2D eigenvalue weighted by molar-refractivity contribution is 5.76. The largest absolute Gasteiger partial charge is 0.434 e. The predicted molar refractivity (Wildman–Crippen MR) is 78.5 cm³/mol. The number of nitrogens with two attached hydrogens (primary N) is 1. The molecule has 4 nitrogen and oxygen atoms in total. The van der Waals surface area contributed by atoms with Crippen LogP contribution < -0.4 is 10.5 Å². The van der Waals surface area contributed by atoms with Crippen LogP contribution in [0.25, 0.3) is 11.3 Å². The first-order chi connectivity index (χ1) is 9.95. The molecule has 0 aliphatic carbocycles. The van der Waals surface area contributed by atoms with Gasteiger partial charge in [0.1, 0.15) is 23.1 Å². The number of ether oxygens (including phenoxy) is 1. The fourth-order valence-electron chi connectivity index (χ4n) is 2.32. The van der Waals surface area contributed by atoms with Crippen LogP contribution in [0.2, 0.25) is 0 Å². The molecule has 21 heavy (non-hydrogen) atoms. The van der Waals surface area contributed by atoms with Crippen LogP contribution in [0.3, 0.4) is 0 Å². The first-order valence-corrected chi connectivity index (χ1v) is 6.85. The van der Waals surface area contributed by atoms with Gasteiger partial charge in [0.2, 0.25) is 0 Å². The first kappa shape index (κ1) is 15.3. The summed E-state index contributed by atoms with van der Waals surface area (Å²) in [5.41, 5.74) is 7.10. The molecule has 0 atom stereocenters. The molecule has 1 aromatic heterocycles. The number of aromatic nitrogens is 2. The second-order valence-electron chi connectivity index (χ2n) is 4.98. The summed E-state index contributed by atoms with van der Waals surface area (Å²) in [4.78, 5) is 4.53. The van der Waals surface area contributed by atoms with E-state index in [1.54, 1.807) is 18.2 Å². The topological polar surface area (TPSA) is 53.1 Å². The van der Waals surface area contributed by atoms with Crippen molar-refractivity contribution in [2.24, 2.45) is 0 Å². The Kier molecular flexibility index (Phi) is 4.45. The van der Waals surface area contributed by atoms with Gasteiger partial charge in [-0.3, -0.25) is 0 Å². The maximum Gasteiger partial charge on any atom is 0.387 e. The molecule has 0 aliphatic rings. The fraction of sp³-hybridized carbons (Fsp3) is 0.400. The molecule has 1 heterocycles. The van der Waals surface area contributed by atoms with Gasteiger partial charge >= 0.3 is 6.61 Å².